The molecule has 0 radical (unpaired) electrons. The minimum Gasteiger partial charge on any atom is -0.459 e. The lowest BCUT2D eigenvalue weighted by atomic mass is 10.1. The van der Waals surface area contributed by atoms with E-state index in [0.717, 1.165) is 12.8 Å². The number of nitrogens with zero attached hydrogens (tertiary/aromatic N) is 1. The lowest BCUT2D eigenvalue weighted by molar-refractivity contribution is -0.120. The number of aliphatic hydroxyl groups is 1. The zero-order chi connectivity index (χ0) is 14.9. The number of amides is 1. The molecule has 0 unspecified atom stereocenters. The second-order valence-electron chi connectivity index (χ2n) is 5.61. The van der Waals surface area contributed by atoms with Crippen LogP contribution in [0.25, 0.3) is 11.7 Å². The van der Waals surface area contributed by atoms with Gasteiger partial charge in [-0.1, -0.05) is 0 Å². The highest BCUT2D eigenvalue weighted by atomic mass is 16.4. The molecule has 1 fully saturated rings. The quantitative estimate of drug-likeness (QED) is 0.845. The van der Waals surface area contributed by atoms with Crippen LogP contribution in [0.1, 0.15) is 24.3 Å². The molecule has 0 atom stereocenters. The minimum atomic E-state index is -0.114. The number of furan rings is 1. The topological polar surface area (TPSA) is 88.5 Å². The standard InChI is InChI=1S/C15H18N2O4/c1-10-11(17-14(21-10)12-3-2-6-20-12)7-13(19)16-8-15(9-18)4-5-15/h2-3,6,18H,4-5,7-9H2,1H3,(H,16,19). The highest BCUT2D eigenvalue weighted by Gasteiger charge is 2.42. The molecule has 1 amide bonds. The fourth-order valence-corrected chi connectivity index (χ4v) is 2.17. The summed E-state index contributed by atoms with van der Waals surface area (Å²) >= 11 is 0. The third kappa shape index (κ3) is 3.00. The molecule has 2 aromatic heterocycles. The first-order valence-corrected chi connectivity index (χ1v) is 7.00. The van der Waals surface area contributed by atoms with Gasteiger partial charge in [-0.25, -0.2) is 4.98 Å². The molecular weight excluding hydrogens is 272 g/mol. The molecule has 0 bridgehead atoms. The van der Waals surface area contributed by atoms with E-state index >= 15 is 0 Å². The number of nitrogens with one attached hydrogen (secondary N) is 1. The smallest absolute Gasteiger partial charge is 0.263 e. The van der Waals surface area contributed by atoms with Gasteiger partial charge in [0.15, 0.2) is 5.76 Å². The molecule has 1 aliphatic rings. The van der Waals surface area contributed by atoms with Crippen molar-refractivity contribution in [2.75, 3.05) is 13.2 Å². The number of rotatable bonds is 6. The lowest BCUT2D eigenvalue weighted by Crippen LogP contribution is -2.33. The van der Waals surface area contributed by atoms with E-state index < -0.39 is 0 Å². The molecule has 0 saturated heterocycles. The van der Waals surface area contributed by atoms with E-state index in [-0.39, 0.29) is 24.3 Å². The molecule has 6 heteroatoms. The molecule has 2 heterocycles. The average Bonchev–Trinajstić information content (AvgIpc) is 2.88. The van der Waals surface area contributed by atoms with Crippen LogP contribution >= 0.6 is 0 Å². The van der Waals surface area contributed by atoms with E-state index in [1.165, 1.54) is 0 Å². The van der Waals surface area contributed by atoms with Gasteiger partial charge >= 0.3 is 0 Å². The number of carbonyl (C=O) groups is 1. The van der Waals surface area contributed by atoms with Crippen LogP contribution in [0.5, 0.6) is 0 Å². The highest BCUT2D eigenvalue weighted by Crippen LogP contribution is 2.44. The molecule has 0 aliphatic heterocycles. The van der Waals surface area contributed by atoms with Crippen LogP contribution in [0.4, 0.5) is 0 Å². The SMILES string of the molecule is Cc1oc(-c2ccco2)nc1CC(=O)NCC1(CO)CC1. The van der Waals surface area contributed by atoms with Gasteiger partial charge in [-0.15, -0.1) is 0 Å². The zero-order valence-electron chi connectivity index (χ0n) is 11.9. The number of aromatic nitrogens is 1. The van der Waals surface area contributed by atoms with Gasteiger partial charge in [0.25, 0.3) is 5.89 Å². The van der Waals surface area contributed by atoms with Gasteiger partial charge in [0.2, 0.25) is 5.91 Å². The van der Waals surface area contributed by atoms with Crippen LogP contribution in [0, 0.1) is 12.3 Å². The van der Waals surface area contributed by atoms with Crippen molar-refractivity contribution in [3.8, 4) is 11.7 Å². The average molecular weight is 290 g/mol. The number of hydrogen-bond acceptors (Lipinski definition) is 5. The number of carbonyl (C=O) groups excluding carboxylic acids is 1. The molecular formula is C15H18N2O4. The maximum absolute atomic E-state index is 12.0. The number of aliphatic hydroxyl groups excluding tert-OH is 1. The fraction of sp³-hybridized carbons (Fsp3) is 0.467. The maximum atomic E-state index is 12.0. The van der Waals surface area contributed by atoms with E-state index in [9.17, 15) is 9.90 Å². The van der Waals surface area contributed by atoms with E-state index in [2.05, 4.69) is 10.3 Å². The van der Waals surface area contributed by atoms with Crippen LogP contribution < -0.4 is 5.32 Å². The van der Waals surface area contributed by atoms with Crippen LogP contribution in [0.3, 0.4) is 0 Å². The summed E-state index contributed by atoms with van der Waals surface area (Å²) in [6.07, 6.45) is 3.65. The summed E-state index contributed by atoms with van der Waals surface area (Å²) in [6.45, 7) is 2.42. The largest absolute Gasteiger partial charge is 0.459 e. The van der Waals surface area contributed by atoms with Gasteiger partial charge in [-0.3, -0.25) is 4.79 Å². The Morgan fingerprint density at radius 1 is 1.52 bits per heavy atom. The summed E-state index contributed by atoms with van der Waals surface area (Å²) in [4.78, 5) is 16.3. The lowest BCUT2D eigenvalue weighted by Gasteiger charge is -2.12. The Labute approximate surface area is 122 Å². The molecule has 1 saturated carbocycles. The second-order valence-corrected chi connectivity index (χ2v) is 5.61. The molecule has 3 rings (SSSR count). The van der Waals surface area contributed by atoms with Gasteiger partial charge < -0.3 is 19.3 Å². The first-order valence-electron chi connectivity index (χ1n) is 7.00. The van der Waals surface area contributed by atoms with Gasteiger partial charge in [-0.05, 0) is 31.9 Å². The van der Waals surface area contributed by atoms with Crippen molar-refractivity contribution in [3.05, 3.63) is 29.9 Å². The monoisotopic (exact) mass is 290 g/mol. The summed E-state index contributed by atoms with van der Waals surface area (Å²) in [6, 6.07) is 3.51. The molecule has 2 aromatic rings. The molecule has 0 spiro atoms. The van der Waals surface area contributed by atoms with Crippen LogP contribution in [-0.4, -0.2) is 29.1 Å². The Kier molecular flexibility index (Phi) is 3.55. The Morgan fingerprint density at radius 3 is 2.95 bits per heavy atom. The fourth-order valence-electron chi connectivity index (χ4n) is 2.17. The first-order chi connectivity index (χ1) is 10.1. The molecule has 21 heavy (non-hydrogen) atoms. The minimum absolute atomic E-state index is 0.0894. The van der Waals surface area contributed by atoms with E-state index in [1.54, 1.807) is 25.3 Å². The summed E-state index contributed by atoms with van der Waals surface area (Å²) in [5.74, 6) is 1.42. The van der Waals surface area contributed by atoms with Crippen LogP contribution in [0.15, 0.2) is 27.2 Å². The molecule has 112 valence electrons. The molecule has 6 nitrogen and oxygen atoms in total. The normalized spacial score (nSPS) is 15.9. The van der Waals surface area contributed by atoms with Gasteiger partial charge in [0.05, 0.1) is 25.0 Å². The number of hydrogen-bond donors (Lipinski definition) is 2. The molecule has 1 aliphatic carbocycles. The Bertz CT molecular complexity index is 626. The first kappa shape index (κ1) is 13.9. The van der Waals surface area contributed by atoms with Crippen LogP contribution in [-0.2, 0) is 11.2 Å². The highest BCUT2D eigenvalue weighted by molar-refractivity contribution is 5.78. The van der Waals surface area contributed by atoms with Crippen molar-refractivity contribution in [3.63, 3.8) is 0 Å². The Morgan fingerprint density at radius 2 is 2.33 bits per heavy atom. The third-order valence-electron chi connectivity index (χ3n) is 3.91. The van der Waals surface area contributed by atoms with E-state index in [1.807, 2.05) is 0 Å². The second kappa shape index (κ2) is 5.37. The van der Waals surface area contributed by atoms with Crippen molar-refractivity contribution in [2.24, 2.45) is 5.41 Å². The zero-order valence-corrected chi connectivity index (χ0v) is 11.9. The Balaban J connectivity index is 1.61. The molecule has 0 aromatic carbocycles. The summed E-state index contributed by atoms with van der Waals surface area (Å²) in [5, 5.41) is 12.1. The van der Waals surface area contributed by atoms with Crippen LogP contribution in [0.2, 0.25) is 0 Å². The summed E-state index contributed by atoms with van der Waals surface area (Å²) in [5.41, 5.74) is 0.515. The van der Waals surface area contributed by atoms with Gasteiger partial charge in [0, 0.05) is 12.0 Å². The summed E-state index contributed by atoms with van der Waals surface area (Å²) < 4.78 is 10.7. The van der Waals surface area contributed by atoms with Crippen molar-refractivity contribution < 1.29 is 18.7 Å². The van der Waals surface area contributed by atoms with Crippen molar-refractivity contribution >= 4 is 5.91 Å². The van der Waals surface area contributed by atoms with Gasteiger partial charge in [0.1, 0.15) is 5.76 Å². The van der Waals surface area contributed by atoms with Gasteiger partial charge in [-0.2, -0.15) is 0 Å². The molecule has 2 N–H and O–H groups in total. The van der Waals surface area contributed by atoms with Crippen molar-refractivity contribution in [2.45, 2.75) is 26.2 Å². The number of oxazole rings is 1. The predicted octanol–water partition coefficient (Wildman–Crippen LogP) is 1.67. The van der Waals surface area contributed by atoms with Crippen molar-refractivity contribution in [1.82, 2.24) is 10.3 Å². The number of aryl methyl sites for hydroxylation is 1. The maximum Gasteiger partial charge on any atom is 0.263 e. The Hall–Kier alpha value is -2.08. The predicted molar refractivity (Wildman–Crippen MR) is 74.4 cm³/mol. The summed E-state index contributed by atoms with van der Waals surface area (Å²) in [7, 11) is 0. The van der Waals surface area contributed by atoms with E-state index in [4.69, 9.17) is 8.83 Å². The van der Waals surface area contributed by atoms with Crippen molar-refractivity contribution in [1.29, 1.82) is 0 Å². The van der Waals surface area contributed by atoms with E-state index in [0.29, 0.717) is 29.6 Å². The third-order valence-corrected chi connectivity index (χ3v) is 3.91.